The number of rotatable bonds is 1. The summed E-state index contributed by atoms with van der Waals surface area (Å²) in [6.07, 6.45) is 2.09. The average molecular weight is 269 g/mol. The van der Waals surface area contributed by atoms with E-state index in [1.165, 1.54) is 5.69 Å². The molecule has 1 aliphatic heterocycles. The zero-order valence-electron chi connectivity index (χ0n) is 11.9. The van der Waals surface area contributed by atoms with Crippen LogP contribution in [0.4, 0.5) is 4.79 Å². The van der Waals surface area contributed by atoms with Crippen molar-refractivity contribution in [2.75, 3.05) is 20.6 Å². The van der Waals surface area contributed by atoms with Gasteiger partial charge in [0, 0.05) is 39.1 Å². The van der Waals surface area contributed by atoms with E-state index < -0.39 is 0 Å². The van der Waals surface area contributed by atoms with Gasteiger partial charge in [-0.25, -0.2) is 4.79 Å². The van der Waals surface area contributed by atoms with Gasteiger partial charge in [0.2, 0.25) is 0 Å². The molecule has 0 saturated carbocycles. The highest BCUT2D eigenvalue weighted by atomic mass is 16.2. The Morgan fingerprint density at radius 1 is 1.10 bits per heavy atom. The first-order valence-electron chi connectivity index (χ1n) is 6.86. The van der Waals surface area contributed by atoms with Crippen LogP contribution in [0.1, 0.15) is 17.3 Å². The third-order valence-corrected chi connectivity index (χ3v) is 3.78. The number of fused-ring (bicyclic) bond motifs is 1. The summed E-state index contributed by atoms with van der Waals surface area (Å²) in [5.74, 6) is 0. The molecule has 1 aromatic carbocycles. The largest absolute Gasteiger partial charge is 0.348 e. The SMILES string of the molecule is CN(C)C(=O)N1CCn2cccc2C1c1ccccc1. The normalized spacial score (nSPS) is 17.7. The molecule has 1 aliphatic rings. The molecule has 1 unspecified atom stereocenters. The maximum absolute atomic E-state index is 12.5. The third kappa shape index (κ3) is 2.07. The second-order valence-electron chi connectivity index (χ2n) is 5.31. The van der Waals surface area contributed by atoms with Gasteiger partial charge in [0.25, 0.3) is 0 Å². The molecule has 1 atom stereocenters. The van der Waals surface area contributed by atoms with Crippen LogP contribution in [-0.2, 0) is 6.54 Å². The molecular formula is C16H19N3O. The average Bonchev–Trinajstić information content (AvgIpc) is 2.94. The van der Waals surface area contributed by atoms with E-state index in [2.05, 4.69) is 35.0 Å². The molecule has 20 heavy (non-hydrogen) atoms. The Kier molecular flexibility index (Phi) is 3.22. The van der Waals surface area contributed by atoms with Gasteiger partial charge in [-0.1, -0.05) is 30.3 Å². The van der Waals surface area contributed by atoms with Crippen LogP contribution in [-0.4, -0.2) is 41.0 Å². The summed E-state index contributed by atoms with van der Waals surface area (Å²) in [5.41, 5.74) is 2.33. The molecule has 4 heteroatoms. The van der Waals surface area contributed by atoms with E-state index in [-0.39, 0.29) is 12.1 Å². The number of amides is 2. The van der Waals surface area contributed by atoms with Crippen molar-refractivity contribution in [2.24, 2.45) is 0 Å². The van der Waals surface area contributed by atoms with E-state index >= 15 is 0 Å². The van der Waals surface area contributed by atoms with Gasteiger partial charge in [0.1, 0.15) is 0 Å². The van der Waals surface area contributed by atoms with Gasteiger partial charge < -0.3 is 14.4 Å². The fraction of sp³-hybridized carbons (Fsp3) is 0.312. The number of urea groups is 1. The standard InChI is InChI=1S/C16H19N3O/c1-17(2)16(20)19-12-11-18-10-6-9-14(18)15(19)13-7-4-3-5-8-13/h3-10,15H,11-12H2,1-2H3. The summed E-state index contributed by atoms with van der Waals surface area (Å²) < 4.78 is 2.23. The van der Waals surface area contributed by atoms with Crippen LogP contribution >= 0.6 is 0 Å². The van der Waals surface area contributed by atoms with Crippen LogP contribution in [0.3, 0.4) is 0 Å². The lowest BCUT2D eigenvalue weighted by molar-refractivity contribution is 0.144. The summed E-state index contributed by atoms with van der Waals surface area (Å²) in [6.45, 7) is 1.59. The number of nitrogens with zero attached hydrogens (tertiary/aromatic N) is 3. The maximum atomic E-state index is 12.5. The molecule has 0 N–H and O–H groups in total. The minimum Gasteiger partial charge on any atom is -0.348 e. The smallest absolute Gasteiger partial charge is 0.320 e. The number of hydrogen-bond acceptors (Lipinski definition) is 1. The van der Waals surface area contributed by atoms with Crippen molar-refractivity contribution in [2.45, 2.75) is 12.6 Å². The lowest BCUT2D eigenvalue weighted by Crippen LogP contribution is -2.46. The van der Waals surface area contributed by atoms with Gasteiger partial charge in [0.05, 0.1) is 6.04 Å². The summed E-state index contributed by atoms with van der Waals surface area (Å²) in [5, 5.41) is 0. The Morgan fingerprint density at radius 2 is 1.85 bits per heavy atom. The summed E-state index contributed by atoms with van der Waals surface area (Å²) in [4.78, 5) is 16.1. The lowest BCUT2D eigenvalue weighted by atomic mass is 10.0. The molecule has 0 spiro atoms. The van der Waals surface area contributed by atoms with Crippen LogP contribution in [0.25, 0.3) is 0 Å². The van der Waals surface area contributed by atoms with Gasteiger partial charge in [0.15, 0.2) is 0 Å². The Morgan fingerprint density at radius 3 is 2.55 bits per heavy atom. The molecular weight excluding hydrogens is 250 g/mol. The monoisotopic (exact) mass is 269 g/mol. The molecule has 2 heterocycles. The molecule has 0 aliphatic carbocycles. The Balaban J connectivity index is 2.06. The van der Waals surface area contributed by atoms with Gasteiger partial charge in [-0.15, -0.1) is 0 Å². The molecule has 4 nitrogen and oxygen atoms in total. The van der Waals surface area contributed by atoms with Crippen LogP contribution in [0.2, 0.25) is 0 Å². The van der Waals surface area contributed by atoms with Crippen LogP contribution < -0.4 is 0 Å². The molecule has 1 aromatic heterocycles. The second-order valence-corrected chi connectivity index (χ2v) is 5.31. The predicted octanol–water partition coefficient (Wildman–Crippen LogP) is 2.57. The highest BCUT2D eigenvalue weighted by Crippen LogP contribution is 2.32. The van der Waals surface area contributed by atoms with Crippen LogP contribution in [0, 0.1) is 0 Å². The van der Waals surface area contributed by atoms with Crippen molar-refractivity contribution in [1.29, 1.82) is 0 Å². The number of hydrogen-bond donors (Lipinski definition) is 0. The Labute approximate surface area is 119 Å². The first-order chi connectivity index (χ1) is 9.68. The maximum Gasteiger partial charge on any atom is 0.320 e. The van der Waals surface area contributed by atoms with Gasteiger partial charge in [-0.05, 0) is 17.7 Å². The summed E-state index contributed by atoms with van der Waals surface area (Å²) >= 11 is 0. The molecule has 2 amide bonds. The second kappa shape index (κ2) is 5.04. The molecule has 0 radical (unpaired) electrons. The molecule has 0 saturated heterocycles. The third-order valence-electron chi connectivity index (χ3n) is 3.78. The highest BCUT2D eigenvalue weighted by molar-refractivity contribution is 5.75. The number of benzene rings is 1. The summed E-state index contributed by atoms with van der Waals surface area (Å²) in [7, 11) is 3.61. The fourth-order valence-corrected chi connectivity index (χ4v) is 2.83. The minimum atomic E-state index is -0.00477. The minimum absolute atomic E-state index is 0.00477. The van der Waals surface area contributed by atoms with E-state index in [0.717, 1.165) is 18.7 Å². The molecule has 0 bridgehead atoms. The van der Waals surface area contributed by atoms with Crippen molar-refractivity contribution in [1.82, 2.24) is 14.4 Å². The topological polar surface area (TPSA) is 28.5 Å². The molecule has 3 rings (SSSR count). The lowest BCUT2D eigenvalue weighted by Gasteiger charge is -2.38. The van der Waals surface area contributed by atoms with Crippen molar-refractivity contribution >= 4 is 6.03 Å². The number of aromatic nitrogens is 1. The van der Waals surface area contributed by atoms with E-state index in [1.54, 1.807) is 19.0 Å². The van der Waals surface area contributed by atoms with Crippen molar-refractivity contribution in [3.05, 3.63) is 59.9 Å². The number of carbonyl (C=O) groups excluding carboxylic acids is 1. The zero-order valence-corrected chi connectivity index (χ0v) is 11.9. The first kappa shape index (κ1) is 12.8. The van der Waals surface area contributed by atoms with E-state index in [4.69, 9.17) is 0 Å². The van der Waals surface area contributed by atoms with E-state index in [0.29, 0.717) is 0 Å². The Hall–Kier alpha value is -2.23. The molecule has 2 aromatic rings. The van der Waals surface area contributed by atoms with Gasteiger partial charge >= 0.3 is 6.03 Å². The van der Waals surface area contributed by atoms with Crippen LogP contribution in [0.15, 0.2) is 48.7 Å². The van der Waals surface area contributed by atoms with Gasteiger partial charge in [-0.2, -0.15) is 0 Å². The number of carbonyl (C=O) groups is 1. The van der Waals surface area contributed by atoms with Crippen molar-refractivity contribution < 1.29 is 4.79 Å². The van der Waals surface area contributed by atoms with Gasteiger partial charge in [-0.3, -0.25) is 0 Å². The van der Waals surface area contributed by atoms with Crippen LogP contribution in [0.5, 0.6) is 0 Å². The van der Waals surface area contributed by atoms with E-state index in [1.807, 2.05) is 23.1 Å². The summed E-state index contributed by atoms with van der Waals surface area (Å²) in [6, 6.07) is 14.4. The molecule has 104 valence electrons. The van der Waals surface area contributed by atoms with Crippen molar-refractivity contribution in [3.8, 4) is 0 Å². The first-order valence-corrected chi connectivity index (χ1v) is 6.86. The van der Waals surface area contributed by atoms with Crippen molar-refractivity contribution in [3.63, 3.8) is 0 Å². The highest BCUT2D eigenvalue weighted by Gasteiger charge is 2.32. The Bertz CT molecular complexity index is 603. The quantitative estimate of drug-likeness (QED) is 0.782. The predicted molar refractivity (Wildman–Crippen MR) is 78.5 cm³/mol. The zero-order chi connectivity index (χ0) is 14.1. The van der Waals surface area contributed by atoms with E-state index in [9.17, 15) is 4.79 Å². The molecule has 0 fully saturated rings. The fourth-order valence-electron chi connectivity index (χ4n) is 2.83.